The lowest BCUT2D eigenvalue weighted by Gasteiger charge is -2.32. The third-order valence-corrected chi connectivity index (χ3v) is 2.87. The van der Waals surface area contributed by atoms with Crippen LogP contribution in [0.15, 0.2) is 0 Å². The van der Waals surface area contributed by atoms with Crippen LogP contribution in [-0.2, 0) is 9.59 Å². The summed E-state index contributed by atoms with van der Waals surface area (Å²) in [6.07, 6.45) is 5.05. The molecule has 0 aromatic carbocycles. The molecule has 0 bridgehead atoms. The fraction of sp³-hybridized carbons (Fsp3) is 0.636. The van der Waals surface area contributed by atoms with Gasteiger partial charge in [0.15, 0.2) is 0 Å². The zero-order valence-electron chi connectivity index (χ0n) is 9.19. The average Bonchev–Trinajstić information content (AvgIpc) is 2.13. The predicted octanol–water partition coefficient (Wildman–Crippen LogP) is -0.565. The number of aliphatic carboxylic acids is 1. The smallest absolute Gasteiger partial charge is 0.327 e. The summed E-state index contributed by atoms with van der Waals surface area (Å²) >= 11 is 0. The van der Waals surface area contributed by atoms with Crippen molar-refractivity contribution in [2.45, 2.75) is 19.4 Å². The van der Waals surface area contributed by atoms with Gasteiger partial charge in [-0.15, -0.1) is 12.3 Å². The zero-order chi connectivity index (χ0) is 12.1. The first-order valence-electron chi connectivity index (χ1n) is 5.23. The molecule has 5 heteroatoms. The molecule has 1 aliphatic heterocycles. The van der Waals surface area contributed by atoms with Crippen molar-refractivity contribution in [2.75, 3.05) is 13.1 Å². The van der Waals surface area contributed by atoms with E-state index in [1.165, 1.54) is 0 Å². The molecule has 3 N–H and O–H groups in total. The number of amides is 1. The summed E-state index contributed by atoms with van der Waals surface area (Å²) in [6.45, 7) is 3.42. The number of hydrogen-bond donors (Lipinski definition) is 3. The summed E-state index contributed by atoms with van der Waals surface area (Å²) in [7, 11) is 0. The number of nitrogens with one attached hydrogen (secondary N) is 2. The largest absolute Gasteiger partial charge is 0.480 e. The van der Waals surface area contributed by atoms with Crippen molar-refractivity contribution in [3.8, 4) is 12.3 Å². The molecule has 16 heavy (non-hydrogen) atoms. The lowest BCUT2D eigenvalue weighted by Crippen LogP contribution is -2.52. The van der Waals surface area contributed by atoms with E-state index in [-0.39, 0.29) is 18.2 Å². The average molecular weight is 224 g/mol. The Morgan fingerprint density at radius 3 is 2.62 bits per heavy atom. The van der Waals surface area contributed by atoms with Gasteiger partial charge in [0.25, 0.3) is 0 Å². The molecule has 0 aromatic heterocycles. The van der Waals surface area contributed by atoms with Crippen LogP contribution in [0, 0.1) is 24.2 Å². The van der Waals surface area contributed by atoms with Crippen LogP contribution in [0.1, 0.15) is 13.3 Å². The van der Waals surface area contributed by atoms with Crippen molar-refractivity contribution in [3.05, 3.63) is 0 Å². The summed E-state index contributed by atoms with van der Waals surface area (Å²) in [4.78, 5) is 22.5. The number of rotatable bonds is 5. The van der Waals surface area contributed by atoms with Gasteiger partial charge in [0.1, 0.15) is 6.04 Å². The highest BCUT2D eigenvalue weighted by Crippen LogP contribution is 2.16. The molecular weight excluding hydrogens is 208 g/mol. The minimum absolute atomic E-state index is 0.0106. The summed E-state index contributed by atoms with van der Waals surface area (Å²) in [5.74, 6) is 1.02. The molecule has 1 aliphatic rings. The van der Waals surface area contributed by atoms with E-state index in [1.807, 2.05) is 0 Å². The Balaban J connectivity index is 2.47. The lowest BCUT2D eigenvalue weighted by atomic mass is 9.88. The molecule has 1 heterocycles. The number of carbonyl (C=O) groups is 2. The standard InChI is InChI=1S/C11H16N2O3/c1-3-4-9(11(15)16)13-10(14)7(2)8-5-12-6-8/h1,7-9,12H,4-6H2,2H3,(H,13,14)(H,15,16). The molecule has 2 atom stereocenters. The monoisotopic (exact) mass is 224 g/mol. The second-order valence-corrected chi connectivity index (χ2v) is 4.01. The summed E-state index contributed by atoms with van der Waals surface area (Å²) in [6, 6.07) is -0.979. The third-order valence-electron chi connectivity index (χ3n) is 2.87. The summed E-state index contributed by atoms with van der Waals surface area (Å²) < 4.78 is 0. The van der Waals surface area contributed by atoms with Gasteiger partial charge in [-0.05, 0) is 19.0 Å². The van der Waals surface area contributed by atoms with E-state index in [2.05, 4.69) is 16.6 Å². The van der Waals surface area contributed by atoms with Crippen molar-refractivity contribution in [2.24, 2.45) is 11.8 Å². The topological polar surface area (TPSA) is 78.4 Å². The Kier molecular flexibility index (Phi) is 4.32. The van der Waals surface area contributed by atoms with Crippen LogP contribution in [-0.4, -0.2) is 36.1 Å². The quantitative estimate of drug-likeness (QED) is 0.547. The summed E-state index contributed by atoms with van der Waals surface area (Å²) in [5.41, 5.74) is 0. The van der Waals surface area contributed by atoms with E-state index in [0.29, 0.717) is 5.92 Å². The maximum absolute atomic E-state index is 11.7. The van der Waals surface area contributed by atoms with Crippen LogP contribution in [0.25, 0.3) is 0 Å². The Morgan fingerprint density at radius 2 is 2.25 bits per heavy atom. The number of carbonyl (C=O) groups excluding carboxylic acids is 1. The molecule has 5 nitrogen and oxygen atoms in total. The highest BCUT2D eigenvalue weighted by Gasteiger charge is 2.30. The molecule has 0 aromatic rings. The van der Waals surface area contributed by atoms with Crippen molar-refractivity contribution >= 4 is 11.9 Å². The first kappa shape index (κ1) is 12.5. The maximum atomic E-state index is 11.7. The lowest BCUT2D eigenvalue weighted by molar-refractivity contribution is -0.142. The second-order valence-electron chi connectivity index (χ2n) is 4.01. The van der Waals surface area contributed by atoms with Gasteiger partial charge in [0, 0.05) is 12.3 Å². The van der Waals surface area contributed by atoms with E-state index in [0.717, 1.165) is 13.1 Å². The number of carboxylic acid groups (broad SMARTS) is 1. The van der Waals surface area contributed by atoms with Crippen molar-refractivity contribution < 1.29 is 14.7 Å². The van der Waals surface area contributed by atoms with E-state index in [9.17, 15) is 9.59 Å². The van der Waals surface area contributed by atoms with Gasteiger partial charge in [0.05, 0.1) is 0 Å². The number of carboxylic acids is 1. The Morgan fingerprint density at radius 1 is 1.62 bits per heavy atom. The Labute approximate surface area is 94.6 Å². The van der Waals surface area contributed by atoms with Crippen LogP contribution in [0.5, 0.6) is 0 Å². The molecule has 1 saturated heterocycles. The fourth-order valence-electron chi connectivity index (χ4n) is 1.50. The Bertz CT molecular complexity index is 318. The van der Waals surface area contributed by atoms with Crippen molar-refractivity contribution in [1.29, 1.82) is 0 Å². The first-order chi connectivity index (χ1) is 7.56. The number of hydrogen-bond acceptors (Lipinski definition) is 3. The molecular formula is C11H16N2O3. The van der Waals surface area contributed by atoms with Gasteiger partial charge >= 0.3 is 5.97 Å². The molecule has 1 rings (SSSR count). The molecule has 0 radical (unpaired) electrons. The van der Waals surface area contributed by atoms with Gasteiger partial charge in [-0.25, -0.2) is 4.79 Å². The van der Waals surface area contributed by atoms with Crippen LogP contribution in [0.4, 0.5) is 0 Å². The highest BCUT2D eigenvalue weighted by atomic mass is 16.4. The van der Waals surface area contributed by atoms with Crippen molar-refractivity contribution in [3.63, 3.8) is 0 Å². The molecule has 88 valence electrons. The normalized spacial score (nSPS) is 19.0. The predicted molar refractivity (Wildman–Crippen MR) is 58.5 cm³/mol. The molecule has 0 spiro atoms. The van der Waals surface area contributed by atoms with Crippen LogP contribution >= 0.6 is 0 Å². The van der Waals surface area contributed by atoms with Gasteiger partial charge in [-0.1, -0.05) is 6.92 Å². The van der Waals surface area contributed by atoms with Gasteiger partial charge < -0.3 is 15.7 Å². The van der Waals surface area contributed by atoms with Crippen LogP contribution in [0.2, 0.25) is 0 Å². The number of terminal acetylenes is 1. The minimum atomic E-state index is -1.09. The minimum Gasteiger partial charge on any atom is -0.480 e. The van der Waals surface area contributed by atoms with E-state index < -0.39 is 12.0 Å². The zero-order valence-corrected chi connectivity index (χ0v) is 9.19. The van der Waals surface area contributed by atoms with E-state index in [4.69, 9.17) is 11.5 Å². The molecule has 0 aliphatic carbocycles. The van der Waals surface area contributed by atoms with E-state index in [1.54, 1.807) is 6.92 Å². The van der Waals surface area contributed by atoms with Gasteiger partial charge in [-0.2, -0.15) is 0 Å². The summed E-state index contributed by atoms with van der Waals surface area (Å²) in [5, 5.41) is 14.3. The van der Waals surface area contributed by atoms with Crippen molar-refractivity contribution in [1.82, 2.24) is 10.6 Å². The Hall–Kier alpha value is -1.54. The third kappa shape index (κ3) is 2.97. The maximum Gasteiger partial charge on any atom is 0.327 e. The molecule has 1 amide bonds. The second kappa shape index (κ2) is 5.52. The highest BCUT2D eigenvalue weighted by molar-refractivity contribution is 5.85. The van der Waals surface area contributed by atoms with Crippen LogP contribution in [0.3, 0.4) is 0 Å². The van der Waals surface area contributed by atoms with Crippen LogP contribution < -0.4 is 10.6 Å². The molecule has 0 saturated carbocycles. The van der Waals surface area contributed by atoms with Gasteiger partial charge in [0.2, 0.25) is 5.91 Å². The first-order valence-corrected chi connectivity index (χ1v) is 5.23. The van der Waals surface area contributed by atoms with Gasteiger partial charge in [-0.3, -0.25) is 4.79 Å². The van der Waals surface area contributed by atoms with E-state index >= 15 is 0 Å². The molecule has 1 fully saturated rings. The SMILES string of the molecule is C#CCC(NC(=O)C(C)C1CNC1)C(=O)O. The fourth-order valence-corrected chi connectivity index (χ4v) is 1.50. The molecule has 2 unspecified atom stereocenters.